The topological polar surface area (TPSA) is 64.1 Å². The first-order chi connectivity index (χ1) is 11.4. The summed E-state index contributed by atoms with van der Waals surface area (Å²) in [6.07, 6.45) is 4.18. The van der Waals surface area contributed by atoms with Gasteiger partial charge in [-0.15, -0.1) is 0 Å². The van der Waals surface area contributed by atoms with E-state index in [1.54, 1.807) is 18.3 Å². The lowest BCUT2D eigenvalue weighted by atomic mass is 10.1. The maximum absolute atomic E-state index is 12.0. The Morgan fingerprint density at radius 1 is 1.21 bits per heavy atom. The fourth-order valence-electron chi connectivity index (χ4n) is 2.30. The van der Waals surface area contributed by atoms with Crippen LogP contribution in [0.5, 0.6) is 0 Å². The largest absolute Gasteiger partial charge is 0.456 e. The number of ether oxygens (including phenoxy) is 1. The molecule has 126 valence electrons. The third kappa shape index (κ3) is 4.54. The van der Waals surface area contributed by atoms with Crippen LogP contribution in [0.1, 0.15) is 61.3 Å². The molecular weight excluding hydrogens is 302 g/mol. The van der Waals surface area contributed by atoms with Gasteiger partial charge in [0.1, 0.15) is 17.2 Å². The Morgan fingerprint density at radius 2 is 1.92 bits per heavy atom. The standard InChI is InChI=1S/C19H23N3O2/c1-19(2,3)24-18(23)15-6-4-13(5-7-15)12-21-16-10-11-20-17(22-16)14-8-9-14/h4-7,10-11,14H,8-9,12H2,1-3H3,(H,20,21,22). The zero-order valence-electron chi connectivity index (χ0n) is 14.4. The van der Waals surface area contributed by atoms with Crippen LogP contribution in [0.2, 0.25) is 0 Å². The molecule has 0 bridgehead atoms. The molecule has 24 heavy (non-hydrogen) atoms. The highest BCUT2D eigenvalue weighted by molar-refractivity contribution is 5.89. The van der Waals surface area contributed by atoms with Crippen LogP contribution in [0.3, 0.4) is 0 Å². The van der Waals surface area contributed by atoms with Crippen LogP contribution in [0.4, 0.5) is 5.82 Å². The Hall–Kier alpha value is -2.43. The summed E-state index contributed by atoms with van der Waals surface area (Å²) in [6.45, 7) is 6.23. The first kappa shape index (κ1) is 16.4. The molecule has 1 N–H and O–H groups in total. The van der Waals surface area contributed by atoms with E-state index in [0.29, 0.717) is 18.0 Å². The lowest BCUT2D eigenvalue weighted by Crippen LogP contribution is -2.23. The Morgan fingerprint density at radius 3 is 2.54 bits per heavy atom. The highest BCUT2D eigenvalue weighted by Gasteiger charge is 2.26. The number of hydrogen-bond donors (Lipinski definition) is 1. The highest BCUT2D eigenvalue weighted by atomic mass is 16.6. The molecule has 0 amide bonds. The van der Waals surface area contributed by atoms with Crippen molar-refractivity contribution < 1.29 is 9.53 Å². The predicted octanol–water partition coefficient (Wildman–Crippen LogP) is 3.92. The minimum Gasteiger partial charge on any atom is -0.456 e. The van der Waals surface area contributed by atoms with Gasteiger partial charge in [-0.05, 0) is 57.4 Å². The molecule has 1 aromatic heterocycles. The molecule has 1 aliphatic carbocycles. The van der Waals surface area contributed by atoms with Gasteiger partial charge in [0.2, 0.25) is 0 Å². The van der Waals surface area contributed by atoms with E-state index in [1.165, 1.54) is 12.8 Å². The van der Waals surface area contributed by atoms with Crippen LogP contribution in [0, 0.1) is 0 Å². The van der Waals surface area contributed by atoms with Gasteiger partial charge in [0.15, 0.2) is 0 Å². The normalized spacial score (nSPS) is 14.3. The smallest absolute Gasteiger partial charge is 0.338 e. The third-order valence-corrected chi connectivity index (χ3v) is 3.68. The van der Waals surface area contributed by atoms with Gasteiger partial charge in [0.05, 0.1) is 5.56 Å². The molecular formula is C19H23N3O2. The van der Waals surface area contributed by atoms with E-state index in [9.17, 15) is 4.79 Å². The molecule has 1 aliphatic rings. The maximum Gasteiger partial charge on any atom is 0.338 e. The number of benzene rings is 1. The van der Waals surface area contributed by atoms with E-state index < -0.39 is 5.60 Å². The molecule has 1 heterocycles. The minimum absolute atomic E-state index is 0.299. The van der Waals surface area contributed by atoms with Gasteiger partial charge in [0, 0.05) is 18.7 Å². The monoisotopic (exact) mass is 325 g/mol. The van der Waals surface area contributed by atoms with Crippen molar-refractivity contribution in [2.45, 2.75) is 51.7 Å². The predicted molar refractivity (Wildman–Crippen MR) is 92.9 cm³/mol. The van der Waals surface area contributed by atoms with Crippen molar-refractivity contribution in [2.24, 2.45) is 0 Å². The fraction of sp³-hybridized carbons (Fsp3) is 0.421. The number of aromatic nitrogens is 2. The van der Waals surface area contributed by atoms with Gasteiger partial charge >= 0.3 is 5.97 Å². The second-order valence-electron chi connectivity index (χ2n) is 7.13. The number of rotatable bonds is 5. The van der Waals surface area contributed by atoms with Crippen molar-refractivity contribution >= 4 is 11.8 Å². The number of nitrogens with one attached hydrogen (secondary N) is 1. The van der Waals surface area contributed by atoms with Crippen LogP contribution in [0.25, 0.3) is 0 Å². The van der Waals surface area contributed by atoms with Crippen molar-refractivity contribution in [1.29, 1.82) is 0 Å². The molecule has 0 aliphatic heterocycles. The van der Waals surface area contributed by atoms with Crippen LogP contribution in [-0.4, -0.2) is 21.5 Å². The van der Waals surface area contributed by atoms with E-state index in [4.69, 9.17) is 4.74 Å². The van der Waals surface area contributed by atoms with Gasteiger partial charge in [-0.2, -0.15) is 0 Å². The molecule has 1 saturated carbocycles. The molecule has 0 radical (unpaired) electrons. The first-order valence-electron chi connectivity index (χ1n) is 8.30. The SMILES string of the molecule is CC(C)(C)OC(=O)c1ccc(CNc2ccnc(C3CC3)n2)cc1. The summed E-state index contributed by atoms with van der Waals surface area (Å²) in [7, 11) is 0. The Labute approximate surface area is 142 Å². The zero-order chi connectivity index (χ0) is 17.2. The Balaban J connectivity index is 1.58. The van der Waals surface area contributed by atoms with E-state index in [2.05, 4.69) is 15.3 Å². The number of hydrogen-bond acceptors (Lipinski definition) is 5. The third-order valence-electron chi connectivity index (χ3n) is 3.68. The molecule has 0 spiro atoms. The summed E-state index contributed by atoms with van der Waals surface area (Å²) in [6, 6.07) is 9.31. The summed E-state index contributed by atoms with van der Waals surface area (Å²) >= 11 is 0. The lowest BCUT2D eigenvalue weighted by molar-refractivity contribution is 0.00695. The van der Waals surface area contributed by atoms with Crippen LogP contribution in [0.15, 0.2) is 36.5 Å². The van der Waals surface area contributed by atoms with Crippen LogP contribution in [-0.2, 0) is 11.3 Å². The van der Waals surface area contributed by atoms with E-state index in [0.717, 1.165) is 17.2 Å². The van der Waals surface area contributed by atoms with Crippen molar-refractivity contribution in [3.63, 3.8) is 0 Å². The van der Waals surface area contributed by atoms with Crippen molar-refractivity contribution in [2.75, 3.05) is 5.32 Å². The minimum atomic E-state index is -0.483. The van der Waals surface area contributed by atoms with Crippen LogP contribution < -0.4 is 5.32 Å². The van der Waals surface area contributed by atoms with E-state index in [-0.39, 0.29) is 5.97 Å². The molecule has 0 saturated heterocycles. The molecule has 3 rings (SSSR count). The fourth-order valence-corrected chi connectivity index (χ4v) is 2.30. The number of anilines is 1. The van der Waals surface area contributed by atoms with Crippen molar-refractivity contribution in [1.82, 2.24) is 9.97 Å². The molecule has 1 fully saturated rings. The summed E-state index contributed by atoms with van der Waals surface area (Å²) in [5, 5.41) is 3.30. The number of carbonyl (C=O) groups excluding carboxylic acids is 1. The van der Waals surface area contributed by atoms with Gasteiger partial charge < -0.3 is 10.1 Å². The lowest BCUT2D eigenvalue weighted by Gasteiger charge is -2.19. The van der Waals surface area contributed by atoms with Crippen LogP contribution >= 0.6 is 0 Å². The van der Waals surface area contributed by atoms with Gasteiger partial charge in [-0.3, -0.25) is 0 Å². The Bertz CT molecular complexity index is 716. The average Bonchev–Trinajstić information content (AvgIpc) is 3.37. The molecule has 1 aromatic carbocycles. The highest BCUT2D eigenvalue weighted by Crippen LogP contribution is 2.38. The van der Waals surface area contributed by atoms with Gasteiger partial charge in [-0.1, -0.05) is 12.1 Å². The van der Waals surface area contributed by atoms with E-state index in [1.807, 2.05) is 39.0 Å². The molecule has 0 unspecified atom stereocenters. The first-order valence-corrected chi connectivity index (χ1v) is 8.30. The Kier molecular flexibility index (Phi) is 4.51. The number of esters is 1. The zero-order valence-corrected chi connectivity index (χ0v) is 14.4. The van der Waals surface area contributed by atoms with Crippen molar-refractivity contribution in [3.8, 4) is 0 Å². The molecule has 5 nitrogen and oxygen atoms in total. The molecule has 5 heteroatoms. The number of nitrogens with zero attached hydrogens (tertiary/aromatic N) is 2. The summed E-state index contributed by atoms with van der Waals surface area (Å²) in [5.74, 6) is 2.01. The van der Waals surface area contributed by atoms with Gasteiger partial charge in [0.25, 0.3) is 0 Å². The van der Waals surface area contributed by atoms with E-state index >= 15 is 0 Å². The van der Waals surface area contributed by atoms with Gasteiger partial charge in [-0.25, -0.2) is 14.8 Å². The number of carbonyl (C=O) groups is 1. The molecule has 2 aromatic rings. The second kappa shape index (κ2) is 6.59. The van der Waals surface area contributed by atoms with Crippen molar-refractivity contribution in [3.05, 3.63) is 53.5 Å². The summed E-state index contributed by atoms with van der Waals surface area (Å²) in [5.41, 5.74) is 1.16. The maximum atomic E-state index is 12.0. The summed E-state index contributed by atoms with van der Waals surface area (Å²) in [4.78, 5) is 20.9. The quantitative estimate of drug-likeness (QED) is 0.844. The second-order valence-corrected chi connectivity index (χ2v) is 7.13. The average molecular weight is 325 g/mol. The molecule has 0 atom stereocenters. The summed E-state index contributed by atoms with van der Waals surface area (Å²) < 4.78 is 5.36.